The molecule has 12 heteroatoms. The van der Waals surface area contributed by atoms with Crippen molar-refractivity contribution in [2.75, 3.05) is 18.8 Å². The lowest BCUT2D eigenvalue weighted by molar-refractivity contribution is 0.0225. The number of carbonyl (C=O) groups excluding carboxylic acids is 2. The van der Waals surface area contributed by atoms with Crippen LogP contribution in [0.15, 0.2) is 41.4 Å². The number of pyridine rings is 1. The topological polar surface area (TPSA) is 154 Å². The molecular weight excluding hydrogens is 488 g/mol. The largest absolute Gasteiger partial charge is 0.444 e. The van der Waals surface area contributed by atoms with Crippen molar-refractivity contribution in [2.24, 2.45) is 0 Å². The number of carbonyl (C=O) groups is 2. The van der Waals surface area contributed by atoms with Crippen molar-refractivity contribution < 1.29 is 18.7 Å². The van der Waals surface area contributed by atoms with Crippen molar-refractivity contribution in [3.05, 3.63) is 48.4 Å². The first-order valence-electron chi connectivity index (χ1n) is 12.4. The summed E-state index contributed by atoms with van der Waals surface area (Å²) in [7, 11) is 0. The SMILES string of the molecule is Cc1cnc2ccc(-c3nc(C(=O)NC[C@H]4CCCN4C(=O)OC(C)(C)C)c(N)nc3-c3ncco3)cn12. The zero-order chi connectivity index (χ0) is 27.0. The number of hydrogen-bond donors (Lipinski definition) is 2. The fraction of sp³-hybridized carbons (Fsp3) is 0.385. The van der Waals surface area contributed by atoms with E-state index in [-0.39, 0.29) is 30.0 Å². The van der Waals surface area contributed by atoms with Gasteiger partial charge in [-0.15, -0.1) is 0 Å². The number of likely N-dealkylation sites (tertiary alicyclic amines) is 1. The van der Waals surface area contributed by atoms with Crippen LogP contribution in [0.5, 0.6) is 0 Å². The molecule has 0 spiro atoms. The summed E-state index contributed by atoms with van der Waals surface area (Å²) < 4.78 is 12.9. The van der Waals surface area contributed by atoms with Gasteiger partial charge in [0.25, 0.3) is 5.91 Å². The number of aromatic nitrogens is 5. The zero-order valence-electron chi connectivity index (χ0n) is 21.8. The number of nitrogens with two attached hydrogens (primary N) is 1. The zero-order valence-corrected chi connectivity index (χ0v) is 21.8. The molecule has 38 heavy (non-hydrogen) atoms. The van der Waals surface area contributed by atoms with Crippen LogP contribution in [0.3, 0.4) is 0 Å². The van der Waals surface area contributed by atoms with Gasteiger partial charge in [0.2, 0.25) is 5.89 Å². The average Bonchev–Trinajstić information content (AvgIpc) is 3.63. The molecule has 0 aliphatic carbocycles. The van der Waals surface area contributed by atoms with Crippen LogP contribution in [-0.2, 0) is 4.74 Å². The Bertz CT molecular complexity index is 1490. The van der Waals surface area contributed by atoms with Gasteiger partial charge < -0.3 is 29.5 Å². The van der Waals surface area contributed by atoms with Crippen molar-refractivity contribution in [1.29, 1.82) is 0 Å². The highest BCUT2D eigenvalue weighted by Gasteiger charge is 2.33. The highest BCUT2D eigenvalue weighted by molar-refractivity contribution is 5.97. The number of amides is 2. The minimum atomic E-state index is -0.600. The molecular formula is C26H30N8O4. The van der Waals surface area contributed by atoms with E-state index in [1.54, 1.807) is 11.1 Å². The number of oxazole rings is 1. The van der Waals surface area contributed by atoms with Crippen LogP contribution in [0.1, 0.15) is 49.8 Å². The Morgan fingerprint density at radius 2 is 2.03 bits per heavy atom. The van der Waals surface area contributed by atoms with Crippen molar-refractivity contribution in [3.8, 4) is 22.8 Å². The quantitative estimate of drug-likeness (QED) is 0.404. The maximum atomic E-state index is 13.3. The molecule has 4 aromatic rings. The third-order valence-electron chi connectivity index (χ3n) is 6.24. The van der Waals surface area contributed by atoms with Gasteiger partial charge in [0.15, 0.2) is 17.2 Å². The second-order valence-electron chi connectivity index (χ2n) is 10.2. The van der Waals surface area contributed by atoms with Crippen molar-refractivity contribution in [2.45, 2.75) is 52.2 Å². The van der Waals surface area contributed by atoms with Gasteiger partial charge in [-0.2, -0.15) is 0 Å². The van der Waals surface area contributed by atoms with Gasteiger partial charge in [-0.05, 0) is 52.7 Å². The summed E-state index contributed by atoms with van der Waals surface area (Å²) in [5.41, 5.74) is 8.66. The van der Waals surface area contributed by atoms with Crippen LogP contribution in [0.2, 0.25) is 0 Å². The lowest BCUT2D eigenvalue weighted by Gasteiger charge is -2.28. The summed E-state index contributed by atoms with van der Waals surface area (Å²) in [4.78, 5) is 45.2. The smallest absolute Gasteiger partial charge is 0.410 e. The molecule has 5 heterocycles. The Labute approximate surface area is 219 Å². The molecule has 0 saturated carbocycles. The number of nitrogen functional groups attached to an aromatic ring is 1. The highest BCUT2D eigenvalue weighted by atomic mass is 16.6. The molecule has 0 bridgehead atoms. The number of imidazole rings is 1. The standard InChI is InChI=1S/C26H30N8O4/c1-15-12-29-18-8-7-16(14-34(15)18)19-20(24-28-9-11-37-24)32-22(27)21(31-19)23(35)30-13-17-6-5-10-33(17)25(36)38-26(2,3)4/h7-9,11-12,14,17H,5-6,10,13H2,1-4H3,(H2,27,32)(H,30,35)/t17-/m1/s1. The lowest BCUT2D eigenvalue weighted by atomic mass is 10.1. The van der Waals surface area contributed by atoms with Crippen molar-refractivity contribution in [3.63, 3.8) is 0 Å². The van der Waals surface area contributed by atoms with Crippen LogP contribution in [0, 0.1) is 6.92 Å². The summed E-state index contributed by atoms with van der Waals surface area (Å²) in [6.45, 7) is 8.22. The van der Waals surface area contributed by atoms with Gasteiger partial charge in [0.05, 0.1) is 12.2 Å². The Kier molecular flexibility index (Phi) is 6.47. The number of fused-ring (bicyclic) bond motifs is 1. The highest BCUT2D eigenvalue weighted by Crippen LogP contribution is 2.30. The second-order valence-corrected chi connectivity index (χ2v) is 10.2. The maximum absolute atomic E-state index is 13.3. The minimum Gasteiger partial charge on any atom is -0.444 e. The van der Waals surface area contributed by atoms with Crippen LogP contribution >= 0.6 is 0 Å². The monoisotopic (exact) mass is 518 g/mol. The number of anilines is 1. The van der Waals surface area contributed by atoms with Gasteiger partial charge >= 0.3 is 6.09 Å². The van der Waals surface area contributed by atoms with E-state index in [1.165, 1.54) is 12.5 Å². The third kappa shape index (κ3) is 5.01. The van der Waals surface area contributed by atoms with Crippen LogP contribution in [-0.4, -0.2) is 66.0 Å². The molecule has 12 nitrogen and oxygen atoms in total. The van der Waals surface area contributed by atoms with Crippen LogP contribution < -0.4 is 11.1 Å². The van der Waals surface area contributed by atoms with E-state index < -0.39 is 17.6 Å². The molecule has 3 N–H and O–H groups in total. The molecule has 0 unspecified atom stereocenters. The summed E-state index contributed by atoms with van der Waals surface area (Å²) >= 11 is 0. The summed E-state index contributed by atoms with van der Waals surface area (Å²) in [6, 6.07) is 3.50. The maximum Gasteiger partial charge on any atom is 0.410 e. The lowest BCUT2D eigenvalue weighted by Crippen LogP contribution is -2.45. The third-order valence-corrected chi connectivity index (χ3v) is 6.24. The Hall–Kier alpha value is -4.48. The average molecular weight is 519 g/mol. The van der Waals surface area contributed by atoms with E-state index in [0.29, 0.717) is 23.5 Å². The first-order valence-corrected chi connectivity index (χ1v) is 12.4. The predicted molar refractivity (Wildman–Crippen MR) is 139 cm³/mol. The van der Waals surface area contributed by atoms with Gasteiger partial charge in [-0.3, -0.25) is 4.79 Å². The molecule has 1 saturated heterocycles. The van der Waals surface area contributed by atoms with Gasteiger partial charge in [0.1, 0.15) is 23.2 Å². The van der Waals surface area contributed by atoms with E-state index in [1.807, 2.05) is 50.4 Å². The molecule has 5 rings (SSSR count). The molecule has 1 atom stereocenters. The fourth-order valence-electron chi connectivity index (χ4n) is 4.45. The first kappa shape index (κ1) is 25.2. The summed E-state index contributed by atoms with van der Waals surface area (Å²) in [6.07, 6.45) is 7.74. The molecule has 1 aliphatic rings. The molecule has 1 aliphatic heterocycles. The second kappa shape index (κ2) is 9.77. The number of nitrogens with zero attached hydrogens (tertiary/aromatic N) is 6. The van der Waals surface area contributed by atoms with E-state index >= 15 is 0 Å². The van der Waals surface area contributed by atoms with Crippen LogP contribution in [0.4, 0.5) is 10.6 Å². The molecule has 0 aromatic carbocycles. The number of hydrogen-bond acceptors (Lipinski definition) is 9. The fourth-order valence-corrected chi connectivity index (χ4v) is 4.45. The Morgan fingerprint density at radius 1 is 1.21 bits per heavy atom. The number of ether oxygens (including phenoxy) is 1. The predicted octanol–water partition coefficient (Wildman–Crippen LogP) is 3.47. The van der Waals surface area contributed by atoms with Crippen molar-refractivity contribution in [1.82, 2.24) is 34.6 Å². The van der Waals surface area contributed by atoms with E-state index in [0.717, 1.165) is 24.2 Å². The Morgan fingerprint density at radius 3 is 2.76 bits per heavy atom. The van der Waals surface area contributed by atoms with Gasteiger partial charge in [-0.1, -0.05) is 0 Å². The summed E-state index contributed by atoms with van der Waals surface area (Å²) in [5.74, 6) is -0.326. The number of aryl methyl sites for hydroxylation is 1. The first-order chi connectivity index (χ1) is 18.1. The number of rotatable bonds is 5. The Balaban J connectivity index is 1.43. The molecule has 4 aromatic heterocycles. The van der Waals surface area contributed by atoms with Crippen LogP contribution in [0.25, 0.3) is 28.5 Å². The van der Waals surface area contributed by atoms with E-state index in [4.69, 9.17) is 14.9 Å². The number of nitrogens with one attached hydrogen (secondary N) is 1. The molecule has 198 valence electrons. The van der Waals surface area contributed by atoms with Gasteiger partial charge in [-0.25, -0.2) is 24.7 Å². The summed E-state index contributed by atoms with van der Waals surface area (Å²) in [5, 5.41) is 2.87. The van der Waals surface area contributed by atoms with E-state index in [2.05, 4.69) is 25.3 Å². The van der Waals surface area contributed by atoms with Gasteiger partial charge in [0, 0.05) is 36.7 Å². The van der Waals surface area contributed by atoms with E-state index in [9.17, 15) is 9.59 Å². The normalized spacial score (nSPS) is 15.7. The molecule has 0 radical (unpaired) electrons. The molecule has 2 amide bonds. The minimum absolute atomic E-state index is 0.0282. The molecule has 1 fully saturated rings. The van der Waals surface area contributed by atoms with Crippen molar-refractivity contribution >= 4 is 23.5 Å².